The monoisotopic (exact) mass is 397 g/mol. The van der Waals surface area contributed by atoms with Crippen LogP contribution in [0.25, 0.3) is 0 Å². The molecule has 0 saturated carbocycles. The van der Waals surface area contributed by atoms with Gasteiger partial charge in [0, 0.05) is 6.07 Å². The molecule has 0 N–H and O–H groups in total. The van der Waals surface area contributed by atoms with E-state index in [9.17, 15) is 4.79 Å². The van der Waals surface area contributed by atoms with Crippen LogP contribution in [0.4, 0.5) is 4.79 Å². The summed E-state index contributed by atoms with van der Waals surface area (Å²) in [5, 5.41) is 25.3. The maximum atomic E-state index is 12.3. The van der Waals surface area contributed by atoms with E-state index in [1.807, 2.05) is 25.1 Å². The highest BCUT2D eigenvalue weighted by Crippen LogP contribution is 2.38. The molecule has 2 aromatic rings. The summed E-state index contributed by atoms with van der Waals surface area (Å²) in [5.41, 5.74) is 3.24. The number of nitriles is 2. The smallest absolute Gasteiger partial charge is 0.417 e. The Morgan fingerprint density at radius 3 is 2.71 bits per heavy atom. The zero-order valence-electron chi connectivity index (χ0n) is 15.1. The number of hydrogen-bond donors (Lipinski definition) is 0. The number of rotatable bonds is 5. The van der Waals surface area contributed by atoms with Crippen molar-refractivity contribution in [2.75, 3.05) is 13.1 Å². The molecule has 1 amide bonds. The van der Waals surface area contributed by atoms with Gasteiger partial charge in [0.2, 0.25) is 0 Å². The second-order valence-electron chi connectivity index (χ2n) is 6.18. The Kier molecular flexibility index (Phi) is 5.93. The van der Waals surface area contributed by atoms with Crippen molar-refractivity contribution in [2.45, 2.75) is 26.2 Å². The van der Waals surface area contributed by atoms with Crippen LogP contribution in [0.15, 0.2) is 18.2 Å². The van der Waals surface area contributed by atoms with Crippen molar-refractivity contribution < 1.29 is 14.3 Å². The van der Waals surface area contributed by atoms with Crippen LogP contribution in [0, 0.1) is 29.6 Å². The molecule has 1 aromatic carbocycles. The van der Waals surface area contributed by atoms with Crippen LogP contribution in [0.1, 0.15) is 23.1 Å². The van der Waals surface area contributed by atoms with Crippen molar-refractivity contribution in [3.05, 3.63) is 40.0 Å². The Hall–Kier alpha value is -3.36. The van der Waals surface area contributed by atoms with Crippen LogP contribution in [-0.2, 0) is 12.8 Å². The Morgan fingerprint density at radius 2 is 2.00 bits per heavy atom. The number of fused-ring (bicyclic) bond motifs is 1. The molecule has 1 aliphatic carbocycles. The molecule has 0 atom stereocenters. The summed E-state index contributed by atoms with van der Waals surface area (Å²) in [5.74, 6) is 0.603. The molecule has 3 rings (SSSR count). The lowest BCUT2D eigenvalue weighted by Gasteiger charge is -2.17. The number of carbonyl (C=O) groups excluding carboxylic acids is 1. The number of halogens is 1. The Morgan fingerprint density at radius 1 is 1.25 bits per heavy atom. The van der Waals surface area contributed by atoms with Crippen molar-refractivity contribution in [3.8, 4) is 29.5 Å². The van der Waals surface area contributed by atoms with E-state index in [1.165, 1.54) is 11.6 Å². The van der Waals surface area contributed by atoms with Gasteiger partial charge in [-0.2, -0.15) is 10.5 Å². The molecule has 0 spiro atoms. The molecule has 0 radical (unpaired) electrons. The van der Waals surface area contributed by atoms with Crippen LogP contribution < -0.4 is 9.47 Å². The molecule has 142 valence electrons. The summed E-state index contributed by atoms with van der Waals surface area (Å²) in [6.45, 7) is 1.34. The number of benzene rings is 1. The second kappa shape index (κ2) is 8.55. The molecule has 9 heteroatoms. The van der Waals surface area contributed by atoms with Crippen LogP contribution >= 0.6 is 11.6 Å². The Labute approximate surface area is 166 Å². The largest absolute Gasteiger partial charge is 0.434 e. The summed E-state index contributed by atoms with van der Waals surface area (Å²) in [7, 11) is 0. The van der Waals surface area contributed by atoms with Crippen LogP contribution in [0.5, 0.6) is 17.4 Å². The number of aromatic nitrogens is 2. The minimum absolute atomic E-state index is 0.0114. The van der Waals surface area contributed by atoms with E-state index in [1.54, 1.807) is 0 Å². The SMILES string of the molecule is Cc1ccc2c(c1Oc1nnc(Cl)cc1OC(=O)N(CC#N)CC#N)CCC2. The molecular weight excluding hydrogens is 382 g/mol. The van der Waals surface area contributed by atoms with E-state index in [2.05, 4.69) is 16.3 Å². The van der Waals surface area contributed by atoms with Crippen LogP contribution in [-0.4, -0.2) is 34.3 Å². The third-order valence-electron chi connectivity index (χ3n) is 4.30. The first-order valence-corrected chi connectivity index (χ1v) is 8.94. The van der Waals surface area contributed by atoms with Gasteiger partial charge in [0.05, 0.1) is 12.1 Å². The van der Waals surface area contributed by atoms with E-state index in [0.29, 0.717) is 5.75 Å². The standard InChI is InChI=1S/C19H16ClN5O3/c1-12-5-6-13-3-2-4-14(13)17(12)28-18-15(11-16(20)23-24-18)27-19(26)25(9-7-21)10-8-22/h5-6,11H,2-4,9-10H2,1H3. The number of hydrogen-bond acceptors (Lipinski definition) is 7. The van der Waals surface area contributed by atoms with Crippen molar-refractivity contribution >= 4 is 17.7 Å². The van der Waals surface area contributed by atoms with Crippen molar-refractivity contribution in [2.24, 2.45) is 0 Å². The highest BCUT2D eigenvalue weighted by molar-refractivity contribution is 6.29. The van der Waals surface area contributed by atoms with E-state index >= 15 is 0 Å². The van der Waals surface area contributed by atoms with E-state index < -0.39 is 6.09 Å². The molecule has 1 aliphatic rings. The minimum atomic E-state index is -0.882. The number of ether oxygens (including phenoxy) is 2. The zero-order valence-corrected chi connectivity index (χ0v) is 15.9. The average Bonchev–Trinajstić information content (AvgIpc) is 3.14. The Balaban J connectivity index is 1.91. The molecule has 0 unspecified atom stereocenters. The summed E-state index contributed by atoms with van der Waals surface area (Å²) >= 11 is 5.89. The fraction of sp³-hybridized carbons (Fsp3) is 0.316. The minimum Gasteiger partial charge on any atom is -0.434 e. The van der Waals surface area contributed by atoms with Crippen molar-refractivity contribution in [1.29, 1.82) is 10.5 Å². The molecule has 0 saturated heterocycles. The van der Waals surface area contributed by atoms with Gasteiger partial charge in [-0.15, -0.1) is 10.2 Å². The quantitative estimate of drug-likeness (QED) is 0.708. The third-order valence-corrected chi connectivity index (χ3v) is 4.49. The van der Waals surface area contributed by atoms with Crippen molar-refractivity contribution in [1.82, 2.24) is 15.1 Å². The fourth-order valence-corrected chi connectivity index (χ4v) is 3.12. The first kappa shape index (κ1) is 19.4. The van der Waals surface area contributed by atoms with E-state index in [0.717, 1.165) is 35.3 Å². The van der Waals surface area contributed by atoms with Crippen LogP contribution in [0.3, 0.4) is 0 Å². The summed E-state index contributed by atoms with van der Waals surface area (Å²) in [6, 6.07) is 8.97. The topological polar surface area (TPSA) is 112 Å². The Bertz CT molecular complexity index is 980. The normalized spacial score (nSPS) is 11.9. The summed E-state index contributed by atoms with van der Waals surface area (Å²) < 4.78 is 11.3. The van der Waals surface area contributed by atoms with Crippen molar-refractivity contribution in [3.63, 3.8) is 0 Å². The highest BCUT2D eigenvalue weighted by Gasteiger charge is 2.23. The number of aryl methyl sites for hydroxylation is 2. The lowest BCUT2D eigenvalue weighted by molar-refractivity contribution is 0.161. The van der Waals surface area contributed by atoms with E-state index in [4.69, 9.17) is 31.6 Å². The first-order chi connectivity index (χ1) is 13.5. The summed E-state index contributed by atoms with van der Waals surface area (Å²) in [6.07, 6.45) is 2.03. The van der Waals surface area contributed by atoms with Gasteiger partial charge in [-0.1, -0.05) is 23.7 Å². The number of carbonyl (C=O) groups is 1. The first-order valence-electron chi connectivity index (χ1n) is 8.56. The average molecular weight is 398 g/mol. The molecule has 0 aliphatic heterocycles. The molecule has 0 bridgehead atoms. The van der Waals surface area contributed by atoms with Gasteiger partial charge in [0.1, 0.15) is 18.8 Å². The highest BCUT2D eigenvalue weighted by atomic mass is 35.5. The van der Waals surface area contributed by atoms with Gasteiger partial charge in [-0.3, -0.25) is 4.90 Å². The molecule has 8 nitrogen and oxygen atoms in total. The van der Waals surface area contributed by atoms with Gasteiger partial charge in [0.25, 0.3) is 5.88 Å². The molecule has 28 heavy (non-hydrogen) atoms. The predicted molar refractivity (Wildman–Crippen MR) is 99.1 cm³/mol. The second-order valence-corrected chi connectivity index (χ2v) is 6.57. The third kappa shape index (κ3) is 4.13. The van der Waals surface area contributed by atoms with Gasteiger partial charge < -0.3 is 9.47 Å². The zero-order chi connectivity index (χ0) is 20.1. The lowest BCUT2D eigenvalue weighted by Crippen LogP contribution is -2.34. The fourth-order valence-electron chi connectivity index (χ4n) is 2.99. The van der Waals surface area contributed by atoms with Gasteiger partial charge in [-0.05, 0) is 42.9 Å². The maximum absolute atomic E-state index is 12.3. The molecular formula is C19H16ClN5O3. The number of nitrogens with zero attached hydrogens (tertiary/aromatic N) is 5. The number of amides is 1. The van der Waals surface area contributed by atoms with Crippen LogP contribution in [0.2, 0.25) is 5.15 Å². The summed E-state index contributed by atoms with van der Waals surface area (Å²) in [4.78, 5) is 13.3. The molecule has 0 fully saturated rings. The molecule has 1 aromatic heterocycles. The molecule has 1 heterocycles. The lowest BCUT2D eigenvalue weighted by atomic mass is 10.1. The van der Waals surface area contributed by atoms with Gasteiger partial charge in [-0.25, -0.2) is 4.79 Å². The maximum Gasteiger partial charge on any atom is 0.417 e. The predicted octanol–water partition coefficient (Wildman–Crippen LogP) is 3.57. The van der Waals surface area contributed by atoms with Gasteiger partial charge in [0.15, 0.2) is 10.9 Å². The van der Waals surface area contributed by atoms with E-state index in [-0.39, 0.29) is 29.9 Å². The van der Waals surface area contributed by atoms with Gasteiger partial charge >= 0.3 is 6.09 Å².